The summed E-state index contributed by atoms with van der Waals surface area (Å²) in [6.07, 6.45) is 8.71. The molecule has 1 fully saturated rings. The van der Waals surface area contributed by atoms with Crippen molar-refractivity contribution in [3.63, 3.8) is 0 Å². The van der Waals surface area contributed by atoms with Crippen molar-refractivity contribution in [2.24, 2.45) is 17.6 Å². The van der Waals surface area contributed by atoms with Crippen molar-refractivity contribution in [3.8, 4) is 0 Å². The van der Waals surface area contributed by atoms with E-state index < -0.39 is 24.0 Å². The predicted molar refractivity (Wildman–Crippen MR) is 86.5 cm³/mol. The van der Waals surface area contributed by atoms with Crippen LogP contribution >= 0.6 is 0 Å². The highest BCUT2D eigenvalue weighted by Gasteiger charge is 2.32. The molecule has 0 radical (unpaired) electrons. The number of hydrogen-bond acceptors (Lipinski definition) is 5. The van der Waals surface area contributed by atoms with Gasteiger partial charge in [-0.05, 0) is 43.2 Å². The number of nitrogens with zero attached hydrogens (tertiary/aromatic N) is 1. The van der Waals surface area contributed by atoms with Crippen LogP contribution < -0.4 is 11.2 Å². The van der Waals surface area contributed by atoms with E-state index in [9.17, 15) is 9.90 Å². The summed E-state index contributed by atoms with van der Waals surface area (Å²) in [7, 11) is 0. The zero-order chi connectivity index (χ0) is 16.7. The van der Waals surface area contributed by atoms with Crippen LogP contribution in [0.15, 0.2) is 24.5 Å². The lowest BCUT2D eigenvalue weighted by molar-refractivity contribution is -0.137. The van der Waals surface area contributed by atoms with Gasteiger partial charge in [0.15, 0.2) is 0 Å². The van der Waals surface area contributed by atoms with Crippen LogP contribution in [0, 0.1) is 11.8 Å². The number of aromatic nitrogens is 1. The van der Waals surface area contributed by atoms with E-state index in [1.54, 1.807) is 17.9 Å². The van der Waals surface area contributed by atoms with Gasteiger partial charge in [-0.2, -0.15) is 0 Å². The van der Waals surface area contributed by atoms with Crippen LogP contribution in [-0.2, 0) is 11.2 Å². The Balaban J connectivity index is 1.95. The minimum absolute atomic E-state index is 0.205. The number of hydrogen-bond donors (Lipinski definition) is 4. The van der Waals surface area contributed by atoms with Gasteiger partial charge in [0.05, 0.1) is 6.10 Å². The number of carbonyl (C=O) groups is 1. The number of rotatable bonds is 7. The highest BCUT2D eigenvalue weighted by Crippen LogP contribution is 2.33. The molecule has 0 bridgehead atoms. The Morgan fingerprint density at radius 3 is 2.74 bits per heavy atom. The molecule has 128 valence electrons. The first-order valence-electron chi connectivity index (χ1n) is 8.38. The standard InChI is InChI=1S/C17H27N3O3/c18-15(9-12-5-4-8-19-11-12)16(21)10-14(17(22)20-23)13-6-2-1-3-7-13/h4-5,8,11,13-16,21,23H,1-3,6-7,9-10,18H2,(H,20,22). The molecular formula is C17H27N3O3. The van der Waals surface area contributed by atoms with Gasteiger partial charge >= 0.3 is 0 Å². The summed E-state index contributed by atoms with van der Waals surface area (Å²) in [6.45, 7) is 0. The summed E-state index contributed by atoms with van der Waals surface area (Å²) in [5.41, 5.74) is 8.81. The number of aliphatic hydroxyl groups is 1. The minimum atomic E-state index is -0.792. The average molecular weight is 321 g/mol. The molecule has 1 aliphatic rings. The molecule has 2 rings (SSSR count). The Morgan fingerprint density at radius 1 is 1.39 bits per heavy atom. The quantitative estimate of drug-likeness (QED) is 0.448. The Labute approximate surface area is 137 Å². The normalized spacial score (nSPS) is 19.8. The van der Waals surface area contributed by atoms with Gasteiger partial charge in [-0.15, -0.1) is 0 Å². The van der Waals surface area contributed by atoms with E-state index in [2.05, 4.69) is 4.98 Å². The van der Waals surface area contributed by atoms with Crippen LogP contribution in [0.5, 0.6) is 0 Å². The van der Waals surface area contributed by atoms with E-state index in [-0.39, 0.29) is 12.3 Å². The second kappa shape index (κ2) is 8.96. The molecular weight excluding hydrogens is 294 g/mol. The highest BCUT2D eigenvalue weighted by molar-refractivity contribution is 5.77. The molecule has 3 unspecified atom stereocenters. The SMILES string of the molecule is NC(Cc1cccnc1)C(O)CC(C(=O)NO)C1CCCCC1. The van der Waals surface area contributed by atoms with Crippen molar-refractivity contribution in [3.05, 3.63) is 30.1 Å². The molecule has 6 heteroatoms. The first-order valence-corrected chi connectivity index (χ1v) is 8.38. The lowest BCUT2D eigenvalue weighted by Crippen LogP contribution is -2.42. The number of hydroxylamine groups is 1. The number of nitrogens with one attached hydrogen (secondary N) is 1. The molecule has 1 saturated carbocycles. The number of carbonyl (C=O) groups excluding carboxylic acids is 1. The fourth-order valence-corrected chi connectivity index (χ4v) is 3.50. The molecule has 6 nitrogen and oxygen atoms in total. The molecule has 1 heterocycles. The summed E-state index contributed by atoms with van der Waals surface area (Å²) in [6, 6.07) is 3.29. The summed E-state index contributed by atoms with van der Waals surface area (Å²) in [5, 5.41) is 19.4. The van der Waals surface area contributed by atoms with Crippen LogP contribution in [0.3, 0.4) is 0 Å². The fourth-order valence-electron chi connectivity index (χ4n) is 3.50. The summed E-state index contributed by atoms with van der Waals surface area (Å²) < 4.78 is 0. The first kappa shape index (κ1) is 17.8. The smallest absolute Gasteiger partial charge is 0.246 e. The van der Waals surface area contributed by atoms with E-state index in [1.807, 2.05) is 12.1 Å². The van der Waals surface area contributed by atoms with Crippen molar-refractivity contribution in [2.75, 3.05) is 0 Å². The van der Waals surface area contributed by atoms with Gasteiger partial charge in [0.25, 0.3) is 0 Å². The molecule has 1 aromatic rings. The molecule has 0 aliphatic heterocycles. The van der Waals surface area contributed by atoms with E-state index in [4.69, 9.17) is 10.9 Å². The Bertz CT molecular complexity index is 477. The Hall–Kier alpha value is -1.50. The van der Waals surface area contributed by atoms with E-state index >= 15 is 0 Å². The summed E-state index contributed by atoms with van der Waals surface area (Å²) >= 11 is 0. The fraction of sp³-hybridized carbons (Fsp3) is 0.647. The third-order valence-electron chi connectivity index (χ3n) is 4.85. The molecule has 3 atom stereocenters. The maximum Gasteiger partial charge on any atom is 0.246 e. The van der Waals surface area contributed by atoms with Crippen molar-refractivity contribution in [1.82, 2.24) is 10.5 Å². The highest BCUT2D eigenvalue weighted by atomic mass is 16.5. The lowest BCUT2D eigenvalue weighted by Gasteiger charge is -2.31. The third-order valence-corrected chi connectivity index (χ3v) is 4.85. The van der Waals surface area contributed by atoms with Gasteiger partial charge in [-0.25, -0.2) is 5.48 Å². The maximum absolute atomic E-state index is 12.0. The molecule has 0 aromatic carbocycles. The second-order valence-electron chi connectivity index (χ2n) is 6.51. The topological polar surface area (TPSA) is 108 Å². The molecule has 23 heavy (non-hydrogen) atoms. The Kier molecular flexibility index (Phi) is 6.95. The number of pyridine rings is 1. The zero-order valence-corrected chi connectivity index (χ0v) is 13.4. The van der Waals surface area contributed by atoms with Crippen LogP contribution in [0.1, 0.15) is 44.1 Å². The van der Waals surface area contributed by atoms with E-state index in [1.165, 1.54) is 6.42 Å². The van der Waals surface area contributed by atoms with Crippen LogP contribution in [0.2, 0.25) is 0 Å². The van der Waals surface area contributed by atoms with Crippen molar-refractivity contribution in [2.45, 2.75) is 57.1 Å². The van der Waals surface area contributed by atoms with Gasteiger partial charge in [-0.3, -0.25) is 15.0 Å². The zero-order valence-electron chi connectivity index (χ0n) is 13.4. The van der Waals surface area contributed by atoms with Crippen LogP contribution in [0.25, 0.3) is 0 Å². The van der Waals surface area contributed by atoms with Gasteiger partial charge in [0.2, 0.25) is 5.91 Å². The van der Waals surface area contributed by atoms with E-state index in [0.717, 1.165) is 31.2 Å². The van der Waals surface area contributed by atoms with Crippen molar-refractivity contribution >= 4 is 5.91 Å². The van der Waals surface area contributed by atoms with Gasteiger partial charge in [-0.1, -0.05) is 25.3 Å². The largest absolute Gasteiger partial charge is 0.391 e. The molecule has 0 saturated heterocycles. The van der Waals surface area contributed by atoms with Gasteiger partial charge in [0, 0.05) is 24.4 Å². The summed E-state index contributed by atoms with van der Waals surface area (Å²) in [4.78, 5) is 16.0. The number of amides is 1. The van der Waals surface area contributed by atoms with Crippen LogP contribution in [-0.4, -0.2) is 33.4 Å². The number of aliphatic hydroxyl groups excluding tert-OH is 1. The third kappa shape index (κ3) is 5.27. The monoisotopic (exact) mass is 321 g/mol. The number of nitrogens with two attached hydrogens (primary N) is 1. The average Bonchev–Trinajstić information content (AvgIpc) is 2.60. The molecule has 0 spiro atoms. The van der Waals surface area contributed by atoms with Gasteiger partial charge < -0.3 is 10.8 Å². The Morgan fingerprint density at radius 2 is 2.13 bits per heavy atom. The van der Waals surface area contributed by atoms with E-state index in [0.29, 0.717) is 6.42 Å². The maximum atomic E-state index is 12.0. The van der Waals surface area contributed by atoms with Crippen molar-refractivity contribution < 1.29 is 15.1 Å². The van der Waals surface area contributed by atoms with Crippen LogP contribution in [0.4, 0.5) is 0 Å². The lowest BCUT2D eigenvalue weighted by atomic mass is 9.76. The molecule has 1 amide bonds. The van der Waals surface area contributed by atoms with Crippen molar-refractivity contribution in [1.29, 1.82) is 0 Å². The predicted octanol–water partition coefficient (Wildman–Crippen LogP) is 1.40. The summed E-state index contributed by atoms with van der Waals surface area (Å²) in [5.74, 6) is -0.601. The molecule has 1 aliphatic carbocycles. The van der Waals surface area contributed by atoms with Gasteiger partial charge in [0.1, 0.15) is 0 Å². The minimum Gasteiger partial charge on any atom is -0.391 e. The second-order valence-corrected chi connectivity index (χ2v) is 6.51. The first-order chi connectivity index (χ1) is 11.1. The molecule has 5 N–H and O–H groups in total. The molecule has 1 aromatic heterocycles.